The molecule has 3 rings (SSSR count). The zero-order valence-electron chi connectivity index (χ0n) is 13.1. The lowest BCUT2D eigenvalue weighted by atomic mass is 10.0. The lowest BCUT2D eigenvalue weighted by Gasteiger charge is -2.25. The molecule has 1 aliphatic heterocycles. The number of imide groups is 1. The second-order valence-corrected chi connectivity index (χ2v) is 5.81. The maximum absolute atomic E-state index is 12.6. The Labute approximate surface area is 136 Å². The maximum atomic E-state index is 12.6. The predicted molar refractivity (Wildman–Crippen MR) is 88.7 cm³/mol. The summed E-state index contributed by atoms with van der Waals surface area (Å²) >= 11 is 0. The van der Waals surface area contributed by atoms with E-state index in [1.807, 2.05) is 67.6 Å². The molecule has 1 saturated heterocycles. The van der Waals surface area contributed by atoms with Gasteiger partial charge in [0.1, 0.15) is 0 Å². The van der Waals surface area contributed by atoms with Gasteiger partial charge in [0.15, 0.2) is 0 Å². The van der Waals surface area contributed by atoms with Crippen LogP contribution in [0.4, 0.5) is 4.79 Å². The summed E-state index contributed by atoms with van der Waals surface area (Å²) in [5.41, 5.74) is 2.02. The highest BCUT2D eigenvalue weighted by molar-refractivity contribution is 5.96. The van der Waals surface area contributed by atoms with Crippen LogP contribution in [0.2, 0.25) is 0 Å². The number of hydrogen-bond acceptors (Lipinski definition) is 2. The summed E-state index contributed by atoms with van der Waals surface area (Å²) < 4.78 is 0. The van der Waals surface area contributed by atoms with E-state index in [0.717, 1.165) is 11.1 Å². The Balaban J connectivity index is 1.76. The van der Waals surface area contributed by atoms with Gasteiger partial charge in [-0.25, -0.2) is 4.79 Å². The van der Waals surface area contributed by atoms with Gasteiger partial charge in [-0.2, -0.15) is 0 Å². The number of rotatable bonds is 3. The zero-order valence-corrected chi connectivity index (χ0v) is 13.1. The van der Waals surface area contributed by atoms with Crippen molar-refractivity contribution in [2.45, 2.75) is 31.8 Å². The summed E-state index contributed by atoms with van der Waals surface area (Å²) in [5.74, 6) is -0.114. The minimum atomic E-state index is -0.322. The Morgan fingerprint density at radius 1 is 1.09 bits per heavy atom. The smallest absolute Gasteiger partial charge is 0.325 e. The summed E-state index contributed by atoms with van der Waals surface area (Å²) in [4.78, 5) is 26.2. The van der Waals surface area contributed by atoms with Crippen molar-refractivity contribution in [3.63, 3.8) is 0 Å². The first kappa shape index (κ1) is 15.3. The Bertz CT molecular complexity index is 685. The second-order valence-electron chi connectivity index (χ2n) is 5.81. The molecule has 1 heterocycles. The molecule has 4 nitrogen and oxygen atoms in total. The number of carbonyl (C=O) groups excluding carboxylic acids is 2. The molecule has 1 fully saturated rings. The molecule has 0 saturated carbocycles. The van der Waals surface area contributed by atoms with Gasteiger partial charge in [0, 0.05) is 6.42 Å². The van der Waals surface area contributed by atoms with Crippen LogP contribution in [-0.4, -0.2) is 16.8 Å². The van der Waals surface area contributed by atoms with E-state index in [1.54, 1.807) is 0 Å². The first-order valence-electron chi connectivity index (χ1n) is 7.89. The average Bonchev–Trinajstić information content (AvgIpc) is 2.98. The van der Waals surface area contributed by atoms with Crippen molar-refractivity contribution in [3.05, 3.63) is 71.8 Å². The fourth-order valence-corrected chi connectivity index (χ4v) is 3.01. The Hall–Kier alpha value is -2.62. The number of benzene rings is 2. The average molecular weight is 308 g/mol. The van der Waals surface area contributed by atoms with Crippen LogP contribution in [-0.2, 0) is 4.79 Å². The highest BCUT2D eigenvalue weighted by Gasteiger charge is 2.37. The van der Waals surface area contributed by atoms with Crippen LogP contribution in [0.1, 0.15) is 43.0 Å². The lowest BCUT2D eigenvalue weighted by Crippen LogP contribution is -2.42. The highest BCUT2D eigenvalue weighted by atomic mass is 16.2. The van der Waals surface area contributed by atoms with Crippen molar-refractivity contribution >= 4 is 11.9 Å². The number of urea groups is 1. The van der Waals surface area contributed by atoms with Crippen molar-refractivity contribution < 1.29 is 9.59 Å². The number of likely N-dealkylation sites (tertiary alicyclic amines) is 1. The normalized spacial score (nSPS) is 18.7. The van der Waals surface area contributed by atoms with Crippen LogP contribution in [0.15, 0.2) is 60.7 Å². The van der Waals surface area contributed by atoms with Crippen molar-refractivity contribution in [1.82, 2.24) is 10.2 Å². The fraction of sp³-hybridized carbons (Fsp3) is 0.263. The minimum Gasteiger partial charge on any atom is -0.331 e. The molecule has 3 amide bonds. The van der Waals surface area contributed by atoms with Gasteiger partial charge >= 0.3 is 6.03 Å². The molecule has 1 aliphatic rings. The lowest BCUT2D eigenvalue weighted by molar-refractivity contribution is -0.126. The molecule has 1 N–H and O–H groups in total. The molecule has 0 bridgehead atoms. The van der Waals surface area contributed by atoms with Gasteiger partial charge < -0.3 is 5.32 Å². The molecule has 2 atom stereocenters. The third-order valence-electron chi connectivity index (χ3n) is 4.25. The molecule has 0 unspecified atom stereocenters. The zero-order chi connectivity index (χ0) is 16.2. The largest absolute Gasteiger partial charge is 0.331 e. The van der Waals surface area contributed by atoms with Crippen LogP contribution >= 0.6 is 0 Å². The van der Waals surface area contributed by atoms with Crippen LogP contribution in [0.25, 0.3) is 0 Å². The summed E-state index contributed by atoms with van der Waals surface area (Å²) in [6.45, 7) is 1.92. The van der Waals surface area contributed by atoms with E-state index in [4.69, 9.17) is 0 Å². The molecule has 118 valence electrons. The summed E-state index contributed by atoms with van der Waals surface area (Å²) in [5, 5.41) is 2.93. The van der Waals surface area contributed by atoms with Crippen LogP contribution in [0.3, 0.4) is 0 Å². The first-order chi connectivity index (χ1) is 11.2. The molecule has 0 aromatic heterocycles. The van der Waals surface area contributed by atoms with Gasteiger partial charge in [0.2, 0.25) is 5.91 Å². The van der Waals surface area contributed by atoms with E-state index >= 15 is 0 Å². The second kappa shape index (κ2) is 6.65. The number of hydrogen-bond donors (Lipinski definition) is 1. The number of nitrogens with zero attached hydrogens (tertiary/aromatic N) is 1. The van der Waals surface area contributed by atoms with E-state index in [2.05, 4.69) is 5.32 Å². The summed E-state index contributed by atoms with van der Waals surface area (Å²) in [7, 11) is 0. The van der Waals surface area contributed by atoms with Crippen LogP contribution in [0, 0.1) is 0 Å². The topological polar surface area (TPSA) is 49.4 Å². The van der Waals surface area contributed by atoms with E-state index in [-0.39, 0.29) is 24.0 Å². The molecule has 0 radical (unpaired) electrons. The third kappa shape index (κ3) is 3.26. The minimum absolute atomic E-state index is 0.114. The maximum Gasteiger partial charge on any atom is 0.325 e. The highest BCUT2D eigenvalue weighted by Crippen LogP contribution is 2.33. The predicted octanol–water partition coefficient (Wildman–Crippen LogP) is 3.82. The van der Waals surface area contributed by atoms with E-state index < -0.39 is 0 Å². The molecular weight excluding hydrogens is 288 g/mol. The van der Waals surface area contributed by atoms with E-state index in [1.165, 1.54) is 4.90 Å². The quantitative estimate of drug-likeness (QED) is 0.937. The molecule has 0 spiro atoms. The van der Waals surface area contributed by atoms with Gasteiger partial charge in [-0.15, -0.1) is 0 Å². The van der Waals surface area contributed by atoms with Gasteiger partial charge in [0.25, 0.3) is 0 Å². The van der Waals surface area contributed by atoms with Crippen molar-refractivity contribution in [3.8, 4) is 0 Å². The van der Waals surface area contributed by atoms with Crippen LogP contribution in [0.5, 0.6) is 0 Å². The Kier molecular flexibility index (Phi) is 4.42. The summed E-state index contributed by atoms with van der Waals surface area (Å²) in [6.07, 6.45) is 1.09. The number of carbonyl (C=O) groups is 2. The van der Waals surface area contributed by atoms with E-state index in [9.17, 15) is 9.59 Å². The standard InChI is InChI=1S/C19H20N2O2/c1-14(15-8-4-2-5-9-15)20-19(23)21-17(12-13-18(21)22)16-10-6-3-7-11-16/h2-11,14,17H,12-13H2,1H3,(H,20,23)/t14-,17-/m0/s1. The van der Waals surface area contributed by atoms with E-state index in [0.29, 0.717) is 12.8 Å². The van der Waals surface area contributed by atoms with Crippen molar-refractivity contribution in [2.75, 3.05) is 0 Å². The Morgan fingerprint density at radius 3 is 2.35 bits per heavy atom. The molecule has 23 heavy (non-hydrogen) atoms. The third-order valence-corrected chi connectivity index (χ3v) is 4.25. The monoisotopic (exact) mass is 308 g/mol. The van der Waals surface area contributed by atoms with Gasteiger partial charge in [-0.05, 0) is 24.5 Å². The molecule has 2 aromatic carbocycles. The molecular formula is C19H20N2O2. The summed E-state index contributed by atoms with van der Waals surface area (Å²) in [6, 6.07) is 18.8. The van der Waals surface area contributed by atoms with Gasteiger partial charge in [-0.1, -0.05) is 60.7 Å². The first-order valence-corrected chi connectivity index (χ1v) is 7.89. The fourth-order valence-electron chi connectivity index (χ4n) is 3.01. The van der Waals surface area contributed by atoms with Gasteiger partial charge in [0.05, 0.1) is 12.1 Å². The van der Waals surface area contributed by atoms with Crippen molar-refractivity contribution in [2.24, 2.45) is 0 Å². The number of nitrogens with one attached hydrogen (secondary N) is 1. The van der Waals surface area contributed by atoms with Gasteiger partial charge in [-0.3, -0.25) is 9.69 Å². The molecule has 2 aromatic rings. The van der Waals surface area contributed by atoms with Crippen molar-refractivity contribution in [1.29, 1.82) is 0 Å². The molecule has 4 heteroatoms. The number of amides is 3. The SMILES string of the molecule is C[C@H](NC(=O)N1C(=O)CC[C@H]1c1ccccc1)c1ccccc1. The molecule has 0 aliphatic carbocycles. The van der Waals surface area contributed by atoms with Crippen LogP contribution < -0.4 is 5.32 Å². The Morgan fingerprint density at radius 2 is 1.70 bits per heavy atom.